The molecule has 5 nitrogen and oxygen atoms in total. The molecule has 0 aromatic carbocycles. The van der Waals surface area contributed by atoms with Crippen LogP contribution < -0.4 is 5.32 Å². The SMILES string of the molecule is O=C(Nc1ccncc1)c1cccnc1SCc1ccncc1. The standard InChI is InChI=1S/C17H14N4OS/c22-16(21-14-5-10-19-11-6-14)15-2-1-7-20-17(15)23-12-13-3-8-18-9-4-13/h1-11H,12H2,(H,19,21,22). The van der Waals surface area contributed by atoms with Gasteiger partial charge in [0.2, 0.25) is 0 Å². The number of rotatable bonds is 5. The highest BCUT2D eigenvalue weighted by atomic mass is 32.2. The van der Waals surface area contributed by atoms with E-state index in [0.29, 0.717) is 16.3 Å². The second kappa shape index (κ2) is 7.51. The van der Waals surface area contributed by atoms with Crippen molar-refractivity contribution in [3.63, 3.8) is 0 Å². The maximum absolute atomic E-state index is 12.5. The van der Waals surface area contributed by atoms with Gasteiger partial charge in [0.15, 0.2) is 0 Å². The molecule has 0 fully saturated rings. The number of thioether (sulfide) groups is 1. The predicted octanol–water partition coefficient (Wildman–Crippen LogP) is 3.42. The number of nitrogens with one attached hydrogen (secondary N) is 1. The van der Waals surface area contributed by atoms with Crippen molar-refractivity contribution in [1.82, 2.24) is 15.0 Å². The van der Waals surface area contributed by atoms with Crippen LogP contribution in [0.15, 0.2) is 72.4 Å². The molecule has 6 heteroatoms. The summed E-state index contributed by atoms with van der Waals surface area (Å²) in [7, 11) is 0. The quantitative estimate of drug-likeness (QED) is 0.729. The van der Waals surface area contributed by atoms with Crippen molar-refractivity contribution in [2.45, 2.75) is 10.8 Å². The second-order valence-corrected chi connectivity index (χ2v) is 5.65. The molecule has 0 aliphatic carbocycles. The Kier molecular flexibility index (Phi) is 4.95. The van der Waals surface area contributed by atoms with E-state index in [1.165, 1.54) is 11.8 Å². The van der Waals surface area contributed by atoms with Crippen LogP contribution in [0.2, 0.25) is 0 Å². The maximum Gasteiger partial charge on any atom is 0.258 e. The van der Waals surface area contributed by atoms with E-state index in [0.717, 1.165) is 11.3 Å². The highest BCUT2D eigenvalue weighted by Gasteiger charge is 2.13. The highest BCUT2D eigenvalue weighted by Crippen LogP contribution is 2.24. The molecule has 3 rings (SSSR count). The smallest absolute Gasteiger partial charge is 0.258 e. The Morgan fingerprint density at radius 3 is 2.39 bits per heavy atom. The second-order valence-electron chi connectivity index (χ2n) is 4.69. The first-order chi connectivity index (χ1) is 11.3. The van der Waals surface area contributed by atoms with Crippen molar-refractivity contribution in [3.8, 4) is 0 Å². The molecule has 3 heterocycles. The van der Waals surface area contributed by atoms with Crippen LogP contribution in [0.1, 0.15) is 15.9 Å². The van der Waals surface area contributed by atoms with Crippen LogP contribution in [-0.4, -0.2) is 20.9 Å². The zero-order chi connectivity index (χ0) is 15.9. The predicted molar refractivity (Wildman–Crippen MR) is 90.2 cm³/mol. The van der Waals surface area contributed by atoms with Gasteiger partial charge in [0.1, 0.15) is 5.03 Å². The fourth-order valence-electron chi connectivity index (χ4n) is 1.94. The number of carbonyl (C=O) groups is 1. The summed E-state index contributed by atoms with van der Waals surface area (Å²) in [4.78, 5) is 24.7. The number of carbonyl (C=O) groups excluding carboxylic acids is 1. The third-order valence-corrected chi connectivity index (χ3v) is 4.16. The number of hydrogen-bond donors (Lipinski definition) is 1. The van der Waals surface area contributed by atoms with Gasteiger partial charge < -0.3 is 5.32 Å². The van der Waals surface area contributed by atoms with Crippen molar-refractivity contribution in [2.75, 3.05) is 5.32 Å². The lowest BCUT2D eigenvalue weighted by Crippen LogP contribution is -2.13. The molecule has 0 aliphatic heterocycles. The largest absolute Gasteiger partial charge is 0.322 e. The molecule has 114 valence electrons. The minimum atomic E-state index is -0.179. The fraction of sp³-hybridized carbons (Fsp3) is 0.0588. The van der Waals surface area contributed by atoms with Crippen LogP contribution in [0, 0.1) is 0 Å². The molecule has 3 aromatic heterocycles. The van der Waals surface area contributed by atoms with Gasteiger partial charge in [-0.2, -0.15) is 0 Å². The molecule has 1 N–H and O–H groups in total. The average Bonchev–Trinajstić information content (AvgIpc) is 2.62. The van der Waals surface area contributed by atoms with Crippen LogP contribution in [0.3, 0.4) is 0 Å². The summed E-state index contributed by atoms with van der Waals surface area (Å²) < 4.78 is 0. The molecule has 0 saturated carbocycles. The zero-order valence-electron chi connectivity index (χ0n) is 12.2. The number of pyridine rings is 3. The molecule has 0 saturated heterocycles. The van der Waals surface area contributed by atoms with E-state index < -0.39 is 0 Å². The number of anilines is 1. The summed E-state index contributed by atoms with van der Waals surface area (Å²) in [5.41, 5.74) is 2.40. The minimum absolute atomic E-state index is 0.179. The monoisotopic (exact) mass is 322 g/mol. The van der Waals surface area contributed by atoms with Gasteiger partial charge in [-0.1, -0.05) is 0 Å². The van der Waals surface area contributed by atoms with E-state index >= 15 is 0 Å². The molecule has 0 aliphatic rings. The molecular formula is C17H14N4OS. The van der Waals surface area contributed by atoms with Gasteiger partial charge in [0.25, 0.3) is 5.91 Å². The Bertz CT molecular complexity index is 781. The summed E-state index contributed by atoms with van der Waals surface area (Å²) in [6.07, 6.45) is 8.48. The van der Waals surface area contributed by atoms with Crippen molar-refractivity contribution in [3.05, 3.63) is 78.5 Å². The van der Waals surface area contributed by atoms with E-state index in [-0.39, 0.29) is 5.91 Å². The molecule has 1 amide bonds. The highest BCUT2D eigenvalue weighted by molar-refractivity contribution is 7.98. The fourth-order valence-corrected chi connectivity index (χ4v) is 2.89. The molecule has 0 atom stereocenters. The van der Waals surface area contributed by atoms with Gasteiger partial charge in [-0.3, -0.25) is 14.8 Å². The summed E-state index contributed by atoms with van der Waals surface area (Å²) in [5.74, 6) is 0.552. The van der Waals surface area contributed by atoms with Crippen LogP contribution in [0.25, 0.3) is 0 Å². The van der Waals surface area contributed by atoms with Gasteiger partial charge in [-0.25, -0.2) is 4.98 Å². The normalized spacial score (nSPS) is 10.3. The Labute approximate surface area is 138 Å². The van der Waals surface area contributed by atoms with E-state index in [1.54, 1.807) is 55.2 Å². The Balaban J connectivity index is 1.73. The first-order valence-corrected chi connectivity index (χ1v) is 7.99. The van der Waals surface area contributed by atoms with E-state index in [9.17, 15) is 4.79 Å². The lowest BCUT2D eigenvalue weighted by molar-refractivity contribution is 0.102. The van der Waals surface area contributed by atoms with Crippen LogP contribution >= 0.6 is 11.8 Å². The first-order valence-electron chi connectivity index (χ1n) is 7.01. The zero-order valence-corrected chi connectivity index (χ0v) is 13.0. The summed E-state index contributed by atoms with van der Waals surface area (Å²) in [6, 6.07) is 10.9. The lowest BCUT2D eigenvalue weighted by atomic mass is 10.2. The molecular weight excluding hydrogens is 308 g/mol. The summed E-state index contributed by atoms with van der Waals surface area (Å²) in [6.45, 7) is 0. The Morgan fingerprint density at radius 1 is 0.957 bits per heavy atom. The van der Waals surface area contributed by atoms with Crippen LogP contribution in [0.5, 0.6) is 0 Å². The maximum atomic E-state index is 12.5. The van der Waals surface area contributed by atoms with Gasteiger partial charge in [-0.15, -0.1) is 11.8 Å². The molecule has 0 radical (unpaired) electrons. The van der Waals surface area contributed by atoms with Crippen LogP contribution in [-0.2, 0) is 5.75 Å². The van der Waals surface area contributed by atoms with E-state index in [1.807, 2.05) is 12.1 Å². The first kappa shape index (κ1) is 15.2. The van der Waals surface area contributed by atoms with Crippen molar-refractivity contribution < 1.29 is 4.79 Å². The molecule has 0 unspecified atom stereocenters. The van der Waals surface area contributed by atoms with Gasteiger partial charge in [-0.05, 0) is 42.0 Å². The Morgan fingerprint density at radius 2 is 1.65 bits per heavy atom. The molecule has 0 spiro atoms. The van der Waals surface area contributed by atoms with Crippen molar-refractivity contribution in [1.29, 1.82) is 0 Å². The van der Waals surface area contributed by atoms with Crippen molar-refractivity contribution in [2.24, 2.45) is 0 Å². The topological polar surface area (TPSA) is 67.8 Å². The summed E-state index contributed by atoms with van der Waals surface area (Å²) in [5, 5.41) is 3.56. The third kappa shape index (κ3) is 4.14. The number of hydrogen-bond acceptors (Lipinski definition) is 5. The minimum Gasteiger partial charge on any atom is -0.322 e. The van der Waals surface area contributed by atoms with Gasteiger partial charge in [0.05, 0.1) is 5.56 Å². The van der Waals surface area contributed by atoms with Gasteiger partial charge >= 0.3 is 0 Å². The van der Waals surface area contributed by atoms with E-state index in [2.05, 4.69) is 20.3 Å². The average molecular weight is 322 g/mol. The molecule has 3 aromatic rings. The molecule has 23 heavy (non-hydrogen) atoms. The van der Waals surface area contributed by atoms with Crippen LogP contribution in [0.4, 0.5) is 5.69 Å². The number of nitrogens with zero attached hydrogens (tertiary/aromatic N) is 3. The van der Waals surface area contributed by atoms with Gasteiger partial charge in [0, 0.05) is 42.4 Å². The summed E-state index contributed by atoms with van der Waals surface area (Å²) >= 11 is 1.53. The molecule has 0 bridgehead atoms. The van der Waals surface area contributed by atoms with Crippen molar-refractivity contribution >= 4 is 23.4 Å². The third-order valence-electron chi connectivity index (χ3n) is 3.08. The lowest BCUT2D eigenvalue weighted by Gasteiger charge is -2.09. The number of amides is 1. The van der Waals surface area contributed by atoms with E-state index in [4.69, 9.17) is 0 Å². The number of aromatic nitrogens is 3. The Hall–Kier alpha value is -2.73.